The molecule has 0 bridgehead atoms. The van der Waals surface area contributed by atoms with E-state index in [4.69, 9.17) is 9.47 Å². The molecule has 3 unspecified atom stereocenters. The number of carbonyl (C=O) groups excluding carboxylic acids is 1. The number of methoxy groups -OCH3 is 1. The molecule has 6 nitrogen and oxygen atoms in total. The fourth-order valence-electron chi connectivity index (χ4n) is 4.11. The lowest BCUT2D eigenvalue weighted by Crippen LogP contribution is -2.33. The first kappa shape index (κ1) is 16.7. The summed E-state index contributed by atoms with van der Waals surface area (Å²) in [6, 6.07) is 4.09. The molecule has 0 saturated heterocycles. The average Bonchev–Trinajstić information content (AvgIpc) is 2.60. The zero-order valence-electron chi connectivity index (χ0n) is 13.9. The molecule has 0 heterocycles. The van der Waals surface area contributed by atoms with Crippen molar-refractivity contribution in [2.24, 2.45) is 11.8 Å². The summed E-state index contributed by atoms with van der Waals surface area (Å²) in [4.78, 5) is 22.8. The fraction of sp³-hybridized carbons (Fsp3) is 0.611. The van der Waals surface area contributed by atoms with E-state index in [0.29, 0.717) is 11.5 Å². The minimum atomic E-state index is -0.529. The van der Waals surface area contributed by atoms with Crippen molar-refractivity contribution < 1.29 is 19.2 Å². The Hall–Kier alpha value is -2.11. The molecule has 2 aliphatic carbocycles. The van der Waals surface area contributed by atoms with Crippen LogP contribution >= 0.6 is 0 Å². The second-order valence-corrected chi connectivity index (χ2v) is 6.79. The zero-order chi connectivity index (χ0) is 17.1. The molecule has 0 N–H and O–H groups in total. The Balaban J connectivity index is 1.65. The smallest absolute Gasteiger partial charge is 0.338 e. The van der Waals surface area contributed by atoms with E-state index in [-0.39, 0.29) is 17.5 Å². The predicted octanol–water partition coefficient (Wildman–Crippen LogP) is 4.12. The first-order valence-electron chi connectivity index (χ1n) is 8.62. The number of hydrogen-bond acceptors (Lipinski definition) is 5. The maximum Gasteiger partial charge on any atom is 0.338 e. The van der Waals surface area contributed by atoms with Crippen molar-refractivity contribution in [2.75, 3.05) is 7.11 Å². The Morgan fingerprint density at radius 1 is 1.17 bits per heavy atom. The van der Waals surface area contributed by atoms with Gasteiger partial charge in [-0.25, -0.2) is 4.79 Å². The lowest BCUT2D eigenvalue weighted by molar-refractivity contribution is -0.385. The van der Waals surface area contributed by atoms with Gasteiger partial charge < -0.3 is 9.47 Å². The SMILES string of the molecule is COc1cc(C(=O)OC2CCC3CCCCC3C2)ccc1[N+](=O)[O-]. The standard InChI is InChI=1S/C18H23NO5/c1-23-17-11-14(7-9-16(17)19(21)22)18(20)24-15-8-6-12-4-2-3-5-13(12)10-15/h7,9,11-13,15H,2-6,8,10H2,1H3. The van der Waals surface area contributed by atoms with Crippen LogP contribution in [0, 0.1) is 22.0 Å². The Morgan fingerprint density at radius 2 is 1.92 bits per heavy atom. The number of fused-ring (bicyclic) bond motifs is 1. The highest BCUT2D eigenvalue weighted by Gasteiger charge is 2.34. The van der Waals surface area contributed by atoms with Gasteiger partial charge in [-0.2, -0.15) is 0 Å². The Bertz CT molecular complexity index is 630. The predicted molar refractivity (Wildman–Crippen MR) is 88.2 cm³/mol. The van der Waals surface area contributed by atoms with Crippen molar-refractivity contribution in [3.8, 4) is 5.75 Å². The van der Waals surface area contributed by atoms with Crippen molar-refractivity contribution in [3.63, 3.8) is 0 Å². The highest BCUT2D eigenvalue weighted by Crippen LogP contribution is 2.41. The first-order chi connectivity index (χ1) is 11.6. The molecule has 130 valence electrons. The number of rotatable bonds is 4. The molecule has 6 heteroatoms. The molecular weight excluding hydrogens is 310 g/mol. The third-order valence-electron chi connectivity index (χ3n) is 5.38. The topological polar surface area (TPSA) is 78.7 Å². The molecule has 0 amide bonds. The van der Waals surface area contributed by atoms with Gasteiger partial charge in [0.05, 0.1) is 17.6 Å². The van der Waals surface area contributed by atoms with Crippen LogP contribution in [0.5, 0.6) is 5.75 Å². The lowest BCUT2D eigenvalue weighted by Gasteiger charge is -2.38. The molecule has 1 aromatic rings. The van der Waals surface area contributed by atoms with E-state index < -0.39 is 10.9 Å². The third kappa shape index (κ3) is 3.52. The molecule has 2 saturated carbocycles. The van der Waals surface area contributed by atoms with E-state index >= 15 is 0 Å². The summed E-state index contributed by atoms with van der Waals surface area (Å²) in [6.07, 6.45) is 8.10. The lowest BCUT2D eigenvalue weighted by atomic mass is 9.70. The molecule has 0 aromatic heterocycles. The normalized spacial score (nSPS) is 26.3. The molecule has 0 radical (unpaired) electrons. The molecule has 3 atom stereocenters. The van der Waals surface area contributed by atoms with Crippen LogP contribution in [-0.2, 0) is 4.74 Å². The fourth-order valence-corrected chi connectivity index (χ4v) is 4.11. The molecule has 2 fully saturated rings. The van der Waals surface area contributed by atoms with Crippen molar-refractivity contribution in [1.82, 2.24) is 0 Å². The monoisotopic (exact) mass is 333 g/mol. The van der Waals surface area contributed by atoms with Crippen molar-refractivity contribution in [1.29, 1.82) is 0 Å². The molecule has 24 heavy (non-hydrogen) atoms. The van der Waals surface area contributed by atoms with Crippen LogP contribution in [0.3, 0.4) is 0 Å². The zero-order valence-corrected chi connectivity index (χ0v) is 13.9. The second-order valence-electron chi connectivity index (χ2n) is 6.79. The minimum Gasteiger partial charge on any atom is -0.490 e. The van der Waals surface area contributed by atoms with Crippen LogP contribution < -0.4 is 4.74 Å². The largest absolute Gasteiger partial charge is 0.490 e. The molecule has 0 aliphatic heterocycles. The van der Waals surface area contributed by atoms with Crippen LogP contribution in [0.15, 0.2) is 18.2 Å². The molecular formula is C18H23NO5. The minimum absolute atomic E-state index is 0.0435. The number of esters is 1. The van der Waals surface area contributed by atoms with Gasteiger partial charge in [0.1, 0.15) is 6.10 Å². The van der Waals surface area contributed by atoms with Gasteiger partial charge in [-0.3, -0.25) is 10.1 Å². The van der Waals surface area contributed by atoms with E-state index in [9.17, 15) is 14.9 Å². The first-order valence-corrected chi connectivity index (χ1v) is 8.62. The van der Waals surface area contributed by atoms with Crippen molar-refractivity contribution in [2.45, 2.75) is 51.0 Å². The van der Waals surface area contributed by atoms with E-state index in [2.05, 4.69) is 0 Å². The summed E-state index contributed by atoms with van der Waals surface area (Å²) in [5.74, 6) is 1.12. The van der Waals surface area contributed by atoms with Crippen LogP contribution in [0.1, 0.15) is 55.3 Å². The van der Waals surface area contributed by atoms with Crippen LogP contribution in [-0.4, -0.2) is 24.1 Å². The summed E-state index contributed by atoms with van der Waals surface area (Å²) >= 11 is 0. The summed E-state index contributed by atoms with van der Waals surface area (Å²) in [5.41, 5.74) is 0.139. The van der Waals surface area contributed by atoms with Gasteiger partial charge in [0.2, 0.25) is 0 Å². The van der Waals surface area contributed by atoms with Gasteiger partial charge >= 0.3 is 11.7 Å². The average molecular weight is 333 g/mol. The molecule has 2 aliphatic rings. The number of nitrogens with zero attached hydrogens (tertiary/aromatic N) is 1. The van der Waals surface area contributed by atoms with Crippen LogP contribution in [0.4, 0.5) is 5.69 Å². The van der Waals surface area contributed by atoms with Crippen molar-refractivity contribution >= 4 is 11.7 Å². The maximum atomic E-state index is 12.4. The van der Waals surface area contributed by atoms with E-state index in [1.807, 2.05) is 0 Å². The highest BCUT2D eigenvalue weighted by atomic mass is 16.6. The second kappa shape index (κ2) is 7.20. The van der Waals surface area contributed by atoms with Crippen LogP contribution in [0.2, 0.25) is 0 Å². The summed E-state index contributed by atoms with van der Waals surface area (Å²) in [7, 11) is 1.35. The quantitative estimate of drug-likeness (QED) is 0.470. The third-order valence-corrected chi connectivity index (χ3v) is 5.38. The number of benzene rings is 1. The van der Waals surface area contributed by atoms with E-state index in [1.165, 1.54) is 51.0 Å². The van der Waals surface area contributed by atoms with Gasteiger partial charge in [-0.05, 0) is 37.2 Å². The number of hydrogen-bond donors (Lipinski definition) is 0. The van der Waals surface area contributed by atoms with Crippen molar-refractivity contribution in [3.05, 3.63) is 33.9 Å². The Kier molecular flexibility index (Phi) is 5.02. The van der Waals surface area contributed by atoms with Gasteiger partial charge in [-0.15, -0.1) is 0 Å². The maximum absolute atomic E-state index is 12.4. The summed E-state index contributed by atoms with van der Waals surface area (Å²) < 4.78 is 10.7. The molecule has 0 spiro atoms. The number of nitro benzene ring substituents is 1. The van der Waals surface area contributed by atoms with Gasteiger partial charge in [-0.1, -0.05) is 25.7 Å². The van der Waals surface area contributed by atoms with Gasteiger partial charge in [0, 0.05) is 12.1 Å². The Labute approximate surface area is 141 Å². The number of carbonyl (C=O) groups is 1. The summed E-state index contributed by atoms with van der Waals surface area (Å²) in [6.45, 7) is 0. The van der Waals surface area contributed by atoms with E-state index in [1.54, 1.807) is 0 Å². The summed E-state index contributed by atoms with van der Waals surface area (Å²) in [5, 5.41) is 10.9. The highest BCUT2D eigenvalue weighted by molar-refractivity contribution is 5.90. The number of ether oxygens (including phenoxy) is 2. The number of nitro groups is 1. The van der Waals surface area contributed by atoms with Crippen LogP contribution in [0.25, 0.3) is 0 Å². The van der Waals surface area contributed by atoms with Gasteiger partial charge in [0.25, 0.3) is 0 Å². The van der Waals surface area contributed by atoms with Gasteiger partial charge in [0.15, 0.2) is 5.75 Å². The Morgan fingerprint density at radius 3 is 2.62 bits per heavy atom. The molecule has 1 aromatic carbocycles. The van der Waals surface area contributed by atoms with E-state index in [0.717, 1.165) is 25.2 Å². The molecule has 3 rings (SSSR count).